The van der Waals surface area contributed by atoms with Crippen molar-refractivity contribution in [2.24, 2.45) is 0 Å². The molecule has 5 aromatic rings. The quantitative estimate of drug-likeness (QED) is 0.323. The van der Waals surface area contributed by atoms with Crippen molar-refractivity contribution in [2.45, 2.75) is 26.2 Å². The van der Waals surface area contributed by atoms with Crippen LogP contribution in [0.3, 0.4) is 0 Å². The fourth-order valence-corrected chi connectivity index (χ4v) is 5.54. The number of aliphatic hydroxyl groups is 1. The molecule has 0 fully saturated rings. The number of hydrogen-bond acceptors (Lipinski definition) is 4. The molecule has 4 nitrogen and oxygen atoms in total. The molecule has 2 N–H and O–H groups in total. The lowest BCUT2D eigenvalue weighted by Crippen LogP contribution is -2.11. The minimum Gasteiger partial charge on any atom is -0.512 e. The van der Waals surface area contributed by atoms with E-state index in [2.05, 4.69) is 41.4 Å². The van der Waals surface area contributed by atoms with E-state index in [1.165, 1.54) is 0 Å². The van der Waals surface area contributed by atoms with E-state index in [0.29, 0.717) is 24.8 Å². The summed E-state index contributed by atoms with van der Waals surface area (Å²) in [7, 11) is 0. The molecule has 0 amide bonds. The number of benzene rings is 3. The third kappa shape index (κ3) is 2.81. The molecule has 152 valence electrons. The van der Waals surface area contributed by atoms with Crippen LogP contribution in [-0.2, 0) is 4.79 Å². The lowest BCUT2D eigenvalue weighted by atomic mass is 9.87. The van der Waals surface area contributed by atoms with E-state index in [9.17, 15) is 9.90 Å². The second kappa shape index (κ2) is 6.79. The van der Waals surface area contributed by atoms with Crippen LogP contribution in [-0.4, -0.2) is 20.9 Å². The Morgan fingerprint density at radius 1 is 1.03 bits per heavy atom. The fraction of sp³-hybridized carbons (Fsp3) is 0.154. The number of H-pyrrole nitrogens is 1. The molecule has 0 bridgehead atoms. The predicted octanol–water partition coefficient (Wildman–Crippen LogP) is 6.93. The van der Waals surface area contributed by atoms with Gasteiger partial charge >= 0.3 is 0 Å². The lowest BCUT2D eigenvalue weighted by Gasteiger charge is -2.17. The van der Waals surface area contributed by atoms with E-state index < -0.39 is 0 Å². The van der Waals surface area contributed by atoms with Crippen molar-refractivity contribution in [1.82, 2.24) is 9.97 Å². The molecule has 2 aromatic heterocycles. The van der Waals surface area contributed by atoms with Gasteiger partial charge in [0.05, 0.1) is 26.5 Å². The second-order valence-corrected chi connectivity index (χ2v) is 9.34. The standard InChI is InChI=1S/C26H20N2O2S/c1-14-27-26-21(31-14)12-11-18-22(26)24(23-19(29)7-4-8-20(23)30)25(28-18)17-10-9-15-5-2-3-6-16(15)13-17/h2-3,5-6,9-13,28-29H,4,7-8H2,1H3. The Kier molecular flexibility index (Phi) is 4.02. The number of carbonyl (C=O) groups excluding carboxylic acids is 1. The van der Waals surface area contributed by atoms with Crippen molar-refractivity contribution >= 4 is 54.6 Å². The maximum atomic E-state index is 13.0. The predicted molar refractivity (Wildman–Crippen MR) is 128 cm³/mol. The number of nitrogens with zero attached hydrogens (tertiary/aromatic N) is 1. The molecule has 5 heteroatoms. The number of carbonyl (C=O) groups is 1. The number of thiazole rings is 1. The summed E-state index contributed by atoms with van der Waals surface area (Å²) in [6.45, 7) is 2.00. The van der Waals surface area contributed by atoms with Crippen LogP contribution >= 0.6 is 11.3 Å². The smallest absolute Gasteiger partial charge is 0.166 e. The molecule has 2 heterocycles. The highest BCUT2D eigenvalue weighted by Crippen LogP contribution is 2.43. The van der Waals surface area contributed by atoms with Gasteiger partial charge in [-0.15, -0.1) is 11.3 Å². The van der Waals surface area contributed by atoms with Gasteiger partial charge in [-0.25, -0.2) is 4.98 Å². The Morgan fingerprint density at radius 2 is 1.87 bits per heavy atom. The van der Waals surface area contributed by atoms with Crippen LogP contribution in [0.25, 0.3) is 48.7 Å². The molecule has 0 radical (unpaired) electrons. The van der Waals surface area contributed by atoms with Crippen molar-refractivity contribution < 1.29 is 9.90 Å². The van der Waals surface area contributed by atoms with E-state index in [-0.39, 0.29) is 11.5 Å². The maximum Gasteiger partial charge on any atom is 0.166 e. The van der Waals surface area contributed by atoms with Gasteiger partial charge in [0.2, 0.25) is 0 Å². The number of hydrogen-bond donors (Lipinski definition) is 2. The van der Waals surface area contributed by atoms with Crippen LogP contribution in [0.4, 0.5) is 0 Å². The van der Waals surface area contributed by atoms with Crippen molar-refractivity contribution in [3.05, 3.63) is 70.9 Å². The van der Waals surface area contributed by atoms with Crippen LogP contribution in [0, 0.1) is 6.92 Å². The Bertz CT molecular complexity index is 1550. The van der Waals surface area contributed by atoms with Crippen LogP contribution in [0.2, 0.25) is 0 Å². The molecule has 0 saturated heterocycles. The van der Waals surface area contributed by atoms with Gasteiger partial charge in [0, 0.05) is 29.3 Å². The summed E-state index contributed by atoms with van der Waals surface area (Å²) in [5, 5.41) is 15.0. The number of aryl methyl sites for hydroxylation is 1. The third-order valence-electron chi connectivity index (χ3n) is 6.10. The summed E-state index contributed by atoms with van der Waals surface area (Å²) < 4.78 is 1.08. The molecular weight excluding hydrogens is 404 g/mol. The van der Waals surface area contributed by atoms with Gasteiger partial charge < -0.3 is 10.1 Å². The average molecular weight is 425 g/mol. The van der Waals surface area contributed by atoms with Crippen LogP contribution in [0.5, 0.6) is 0 Å². The van der Waals surface area contributed by atoms with Crippen LogP contribution in [0.1, 0.15) is 29.8 Å². The lowest BCUT2D eigenvalue weighted by molar-refractivity contribution is -0.114. The van der Waals surface area contributed by atoms with Crippen molar-refractivity contribution in [2.75, 3.05) is 0 Å². The Balaban J connectivity index is 1.75. The number of aliphatic hydroxyl groups excluding tert-OH is 1. The summed E-state index contributed by atoms with van der Waals surface area (Å²) in [6, 6.07) is 18.7. The molecule has 3 aromatic carbocycles. The summed E-state index contributed by atoms with van der Waals surface area (Å²) >= 11 is 1.64. The zero-order chi connectivity index (χ0) is 21.1. The Morgan fingerprint density at radius 3 is 2.71 bits per heavy atom. The molecular formula is C26H20N2O2S. The molecule has 0 spiro atoms. The normalized spacial score (nSPS) is 14.9. The highest BCUT2D eigenvalue weighted by atomic mass is 32.1. The summed E-state index contributed by atoms with van der Waals surface area (Å²) in [4.78, 5) is 21.4. The van der Waals surface area contributed by atoms with E-state index in [0.717, 1.165) is 53.7 Å². The number of aromatic nitrogens is 2. The number of allylic oxidation sites excluding steroid dienone is 2. The number of rotatable bonds is 2. The van der Waals surface area contributed by atoms with Gasteiger partial charge in [-0.3, -0.25) is 4.79 Å². The number of aromatic amines is 1. The first-order valence-corrected chi connectivity index (χ1v) is 11.3. The highest BCUT2D eigenvalue weighted by molar-refractivity contribution is 7.18. The van der Waals surface area contributed by atoms with E-state index in [1.807, 2.05) is 25.1 Å². The highest BCUT2D eigenvalue weighted by Gasteiger charge is 2.29. The summed E-state index contributed by atoms with van der Waals surface area (Å²) in [6.07, 6.45) is 1.67. The molecule has 0 saturated carbocycles. The molecule has 1 aliphatic rings. The first kappa shape index (κ1) is 18.3. The molecule has 0 aliphatic heterocycles. The second-order valence-electron chi connectivity index (χ2n) is 8.10. The zero-order valence-electron chi connectivity index (χ0n) is 17.0. The minimum atomic E-state index is -0.00403. The third-order valence-corrected chi connectivity index (χ3v) is 7.04. The summed E-state index contributed by atoms with van der Waals surface area (Å²) in [5.74, 6) is 0.179. The van der Waals surface area contributed by atoms with Crippen molar-refractivity contribution in [1.29, 1.82) is 0 Å². The number of Topliss-reactive ketones (excluding diaryl/α,β-unsaturated/α-hetero) is 1. The average Bonchev–Trinajstić information content (AvgIpc) is 3.33. The molecule has 1 aliphatic carbocycles. The number of ketones is 1. The Labute approximate surface area is 182 Å². The molecule has 31 heavy (non-hydrogen) atoms. The van der Waals surface area contributed by atoms with Crippen LogP contribution < -0.4 is 0 Å². The minimum absolute atomic E-state index is 0.00403. The van der Waals surface area contributed by atoms with Gasteiger partial charge in [-0.2, -0.15) is 0 Å². The molecule has 0 unspecified atom stereocenters. The zero-order valence-corrected chi connectivity index (χ0v) is 17.8. The van der Waals surface area contributed by atoms with Gasteiger partial charge in [0.15, 0.2) is 5.78 Å². The molecule has 6 rings (SSSR count). The number of nitrogens with one attached hydrogen (secondary N) is 1. The topological polar surface area (TPSA) is 66.0 Å². The van der Waals surface area contributed by atoms with E-state index in [4.69, 9.17) is 4.98 Å². The first-order chi connectivity index (χ1) is 15.1. The van der Waals surface area contributed by atoms with Gasteiger partial charge in [0.1, 0.15) is 5.76 Å². The van der Waals surface area contributed by atoms with Gasteiger partial charge in [-0.05, 0) is 47.9 Å². The van der Waals surface area contributed by atoms with Gasteiger partial charge in [-0.1, -0.05) is 36.4 Å². The SMILES string of the molecule is Cc1nc2c(ccc3[nH]c(-c4ccc5ccccc5c4)c(C4=C(O)CCCC4=O)c32)s1. The number of fused-ring (bicyclic) bond motifs is 4. The summed E-state index contributed by atoms with van der Waals surface area (Å²) in [5.41, 5.74) is 4.88. The Hall–Kier alpha value is -3.44. The first-order valence-electron chi connectivity index (χ1n) is 10.5. The molecule has 0 atom stereocenters. The monoisotopic (exact) mass is 424 g/mol. The van der Waals surface area contributed by atoms with E-state index >= 15 is 0 Å². The maximum absolute atomic E-state index is 13.0. The van der Waals surface area contributed by atoms with Gasteiger partial charge in [0.25, 0.3) is 0 Å². The van der Waals surface area contributed by atoms with Crippen molar-refractivity contribution in [3.63, 3.8) is 0 Å². The fourth-order valence-electron chi connectivity index (χ4n) is 4.71. The largest absolute Gasteiger partial charge is 0.512 e. The van der Waals surface area contributed by atoms with Crippen LogP contribution in [0.15, 0.2) is 60.4 Å². The van der Waals surface area contributed by atoms with Crippen molar-refractivity contribution in [3.8, 4) is 11.3 Å². The van der Waals surface area contributed by atoms with E-state index in [1.54, 1.807) is 11.3 Å².